The molecule has 0 spiro atoms. The van der Waals surface area contributed by atoms with E-state index >= 15 is 0 Å². The molecule has 0 aliphatic carbocycles. The van der Waals surface area contributed by atoms with Crippen molar-refractivity contribution < 1.29 is 18.0 Å². The van der Waals surface area contributed by atoms with Gasteiger partial charge in [-0.3, -0.25) is 13.9 Å². The number of hydrogen-bond donors (Lipinski definition) is 1. The second-order valence-corrected chi connectivity index (χ2v) is 12.4. The van der Waals surface area contributed by atoms with Gasteiger partial charge in [-0.05, 0) is 43.0 Å². The van der Waals surface area contributed by atoms with Gasteiger partial charge in [0.1, 0.15) is 12.6 Å². The number of benzene rings is 3. The quantitative estimate of drug-likeness (QED) is 0.361. The van der Waals surface area contributed by atoms with Crippen molar-refractivity contribution in [2.24, 2.45) is 5.92 Å². The Morgan fingerprint density at radius 2 is 1.49 bits per heavy atom. The second-order valence-electron chi connectivity index (χ2n) is 10.5. The monoisotopic (exact) mass is 549 g/mol. The lowest BCUT2D eigenvalue weighted by atomic mass is 10.0. The van der Waals surface area contributed by atoms with E-state index in [1.807, 2.05) is 82.3 Å². The maximum absolute atomic E-state index is 14.0. The number of hydrogen-bond acceptors (Lipinski definition) is 4. The highest BCUT2D eigenvalue weighted by molar-refractivity contribution is 7.92. The zero-order valence-electron chi connectivity index (χ0n) is 23.4. The third kappa shape index (κ3) is 8.96. The average molecular weight is 550 g/mol. The van der Waals surface area contributed by atoms with E-state index in [2.05, 4.69) is 5.32 Å². The summed E-state index contributed by atoms with van der Waals surface area (Å²) in [5.41, 5.74) is 4.17. The van der Waals surface area contributed by atoms with E-state index < -0.39 is 28.5 Å². The fourth-order valence-electron chi connectivity index (χ4n) is 4.31. The van der Waals surface area contributed by atoms with Crippen LogP contribution >= 0.6 is 0 Å². The molecule has 208 valence electrons. The lowest BCUT2D eigenvalue weighted by Gasteiger charge is -2.33. The van der Waals surface area contributed by atoms with Crippen molar-refractivity contribution in [3.05, 3.63) is 101 Å². The molecule has 0 radical (unpaired) electrons. The minimum absolute atomic E-state index is 0.165. The molecular weight excluding hydrogens is 510 g/mol. The molecule has 0 fully saturated rings. The van der Waals surface area contributed by atoms with E-state index in [0.717, 1.165) is 32.8 Å². The molecule has 2 amide bonds. The topological polar surface area (TPSA) is 86.8 Å². The Bertz CT molecular complexity index is 1360. The van der Waals surface area contributed by atoms with Crippen LogP contribution in [-0.2, 0) is 32.6 Å². The van der Waals surface area contributed by atoms with E-state index in [9.17, 15) is 18.0 Å². The molecule has 1 N–H and O–H groups in total. The van der Waals surface area contributed by atoms with Crippen LogP contribution in [0, 0.1) is 19.8 Å². The van der Waals surface area contributed by atoms with Gasteiger partial charge in [-0.2, -0.15) is 0 Å². The highest BCUT2D eigenvalue weighted by atomic mass is 32.2. The summed E-state index contributed by atoms with van der Waals surface area (Å²) in [6.07, 6.45) is 1.38. The number of aryl methyl sites for hydroxylation is 2. The Morgan fingerprint density at radius 1 is 0.846 bits per heavy atom. The number of nitrogens with one attached hydrogen (secondary N) is 1. The molecule has 0 saturated heterocycles. The first-order valence-corrected chi connectivity index (χ1v) is 15.0. The van der Waals surface area contributed by atoms with Crippen LogP contribution in [0.25, 0.3) is 0 Å². The lowest BCUT2D eigenvalue weighted by Crippen LogP contribution is -2.53. The van der Waals surface area contributed by atoms with E-state index in [-0.39, 0.29) is 18.4 Å². The predicted molar refractivity (Wildman–Crippen MR) is 157 cm³/mol. The number of nitrogens with zero attached hydrogens (tertiary/aromatic N) is 2. The van der Waals surface area contributed by atoms with E-state index in [1.165, 1.54) is 4.90 Å². The molecule has 0 aliphatic rings. The van der Waals surface area contributed by atoms with E-state index in [1.54, 1.807) is 24.3 Å². The molecule has 0 aromatic heterocycles. The Labute approximate surface area is 232 Å². The summed E-state index contributed by atoms with van der Waals surface area (Å²) in [7, 11) is -3.78. The van der Waals surface area contributed by atoms with Gasteiger partial charge in [-0.15, -0.1) is 0 Å². The predicted octanol–water partition coefficient (Wildman–Crippen LogP) is 4.48. The number of sulfonamides is 1. The summed E-state index contributed by atoms with van der Waals surface area (Å²) in [5.74, 6) is -0.493. The normalized spacial score (nSPS) is 12.2. The average Bonchev–Trinajstić information content (AvgIpc) is 2.88. The zero-order valence-corrected chi connectivity index (χ0v) is 24.2. The largest absolute Gasteiger partial charge is 0.354 e. The van der Waals surface area contributed by atoms with Crippen LogP contribution in [0.5, 0.6) is 0 Å². The first-order chi connectivity index (χ1) is 18.4. The third-order valence-electron chi connectivity index (χ3n) is 6.39. The van der Waals surface area contributed by atoms with Crippen LogP contribution in [0.2, 0.25) is 0 Å². The Hall–Kier alpha value is -3.65. The molecule has 0 bridgehead atoms. The number of carbonyl (C=O) groups is 2. The molecule has 0 aliphatic heterocycles. The van der Waals surface area contributed by atoms with Gasteiger partial charge in [0.25, 0.3) is 0 Å². The summed E-state index contributed by atoms with van der Waals surface area (Å²) in [6, 6.07) is 23.5. The van der Waals surface area contributed by atoms with Crippen LogP contribution in [0.4, 0.5) is 5.69 Å². The Kier molecular flexibility index (Phi) is 10.3. The molecule has 0 unspecified atom stereocenters. The van der Waals surface area contributed by atoms with E-state index in [0.29, 0.717) is 18.7 Å². The van der Waals surface area contributed by atoms with Crippen molar-refractivity contribution in [1.82, 2.24) is 10.2 Å². The van der Waals surface area contributed by atoms with Crippen molar-refractivity contribution in [3.8, 4) is 0 Å². The smallest absolute Gasteiger partial charge is 0.244 e. The van der Waals surface area contributed by atoms with Crippen LogP contribution in [0.1, 0.15) is 36.1 Å². The van der Waals surface area contributed by atoms with Gasteiger partial charge < -0.3 is 10.2 Å². The zero-order chi connectivity index (χ0) is 28.6. The van der Waals surface area contributed by atoms with Crippen molar-refractivity contribution in [2.45, 2.75) is 46.7 Å². The number of carbonyl (C=O) groups excluding carboxylic acids is 2. The van der Waals surface area contributed by atoms with Crippen molar-refractivity contribution in [2.75, 3.05) is 23.7 Å². The van der Waals surface area contributed by atoms with Gasteiger partial charge in [0.05, 0.1) is 11.9 Å². The fraction of sp³-hybridized carbons (Fsp3) is 0.355. The lowest BCUT2D eigenvalue weighted by molar-refractivity contribution is -0.140. The van der Waals surface area contributed by atoms with Gasteiger partial charge in [0.2, 0.25) is 21.8 Å². The van der Waals surface area contributed by atoms with Crippen LogP contribution in [-0.4, -0.2) is 50.5 Å². The first-order valence-electron chi connectivity index (χ1n) is 13.1. The summed E-state index contributed by atoms with van der Waals surface area (Å²) in [6.45, 7) is 8.11. The summed E-state index contributed by atoms with van der Waals surface area (Å²) >= 11 is 0. The van der Waals surface area contributed by atoms with Crippen molar-refractivity contribution in [1.29, 1.82) is 0 Å². The third-order valence-corrected chi connectivity index (χ3v) is 7.53. The maximum atomic E-state index is 14.0. The molecule has 7 nitrogen and oxygen atoms in total. The van der Waals surface area contributed by atoms with Crippen molar-refractivity contribution in [3.63, 3.8) is 0 Å². The van der Waals surface area contributed by atoms with Gasteiger partial charge in [-0.1, -0.05) is 91.7 Å². The first kappa shape index (κ1) is 29.9. The number of rotatable bonds is 12. The molecule has 8 heteroatoms. The Morgan fingerprint density at radius 3 is 2.08 bits per heavy atom. The molecule has 0 heterocycles. The molecule has 39 heavy (non-hydrogen) atoms. The van der Waals surface area contributed by atoms with Crippen molar-refractivity contribution >= 4 is 27.5 Å². The molecule has 1 atom stereocenters. The summed E-state index contributed by atoms with van der Waals surface area (Å²) in [4.78, 5) is 29.2. The minimum atomic E-state index is -3.78. The van der Waals surface area contributed by atoms with Gasteiger partial charge >= 0.3 is 0 Å². The maximum Gasteiger partial charge on any atom is 0.244 e. The summed E-state index contributed by atoms with van der Waals surface area (Å²) in [5, 5.41) is 2.99. The highest BCUT2D eigenvalue weighted by Gasteiger charge is 2.33. The molecule has 3 rings (SSSR count). The minimum Gasteiger partial charge on any atom is -0.354 e. The van der Waals surface area contributed by atoms with Crippen LogP contribution in [0.3, 0.4) is 0 Å². The molecule has 0 saturated carbocycles. The van der Waals surface area contributed by atoms with Gasteiger partial charge in [0.15, 0.2) is 0 Å². The number of anilines is 1. The van der Waals surface area contributed by atoms with Crippen LogP contribution in [0.15, 0.2) is 78.9 Å². The van der Waals surface area contributed by atoms with Crippen LogP contribution < -0.4 is 9.62 Å². The SMILES string of the molecule is Cc1ccc(N(CC(=O)N(Cc2cccc(C)c2)[C@H](Cc2ccccc2)C(=O)NCC(C)C)S(C)(=O)=O)cc1. The Balaban J connectivity index is 2.04. The number of amides is 2. The highest BCUT2D eigenvalue weighted by Crippen LogP contribution is 2.21. The fourth-order valence-corrected chi connectivity index (χ4v) is 5.16. The second kappa shape index (κ2) is 13.4. The van der Waals surface area contributed by atoms with Gasteiger partial charge in [-0.25, -0.2) is 8.42 Å². The standard InChI is InChI=1S/C31H39N3O4S/c1-23(2)20-32-31(36)29(19-26-11-7-6-8-12-26)33(21-27-13-9-10-25(4)18-27)30(35)22-34(39(5,37)38)28-16-14-24(3)15-17-28/h6-18,23,29H,19-22H2,1-5H3,(H,32,36)/t29-/m1/s1. The van der Waals surface area contributed by atoms with E-state index in [4.69, 9.17) is 0 Å². The molecular formula is C31H39N3O4S. The molecule has 3 aromatic rings. The van der Waals surface area contributed by atoms with Gasteiger partial charge in [0, 0.05) is 19.5 Å². The molecule has 3 aromatic carbocycles. The summed E-state index contributed by atoms with van der Waals surface area (Å²) < 4.78 is 26.8.